The fraction of sp³-hybridized carbons (Fsp3) is 1.00. The quantitative estimate of drug-likeness (QED) is 0.804. The van der Waals surface area contributed by atoms with E-state index in [-0.39, 0.29) is 11.4 Å². The molecule has 0 aliphatic carbocycles. The molecule has 1 N–H and O–H groups in total. The van der Waals surface area contributed by atoms with Gasteiger partial charge in [-0.25, -0.2) is 8.42 Å². The van der Waals surface area contributed by atoms with Gasteiger partial charge in [-0.15, -0.1) is 0 Å². The summed E-state index contributed by atoms with van der Waals surface area (Å²) in [6.07, 6.45) is 1.36. The molecule has 1 aliphatic rings. The second-order valence-corrected chi connectivity index (χ2v) is 9.23. The first-order chi connectivity index (χ1) is 8.73. The third kappa shape index (κ3) is 5.25. The Bertz CT molecular complexity index is 371. The van der Waals surface area contributed by atoms with Crippen LogP contribution in [0.15, 0.2) is 0 Å². The number of thioether (sulfide) groups is 1. The van der Waals surface area contributed by atoms with E-state index < -0.39 is 9.84 Å². The molecular formula is C13H28N2O2S2. The largest absolute Gasteiger partial charge is 0.314 e. The highest BCUT2D eigenvalue weighted by molar-refractivity contribution is 8.00. The summed E-state index contributed by atoms with van der Waals surface area (Å²) in [5.41, 5.74) is 0. The van der Waals surface area contributed by atoms with E-state index in [1.54, 1.807) is 11.8 Å². The highest BCUT2D eigenvalue weighted by atomic mass is 32.2. The van der Waals surface area contributed by atoms with Gasteiger partial charge in [-0.05, 0) is 19.4 Å². The lowest BCUT2D eigenvalue weighted by atomic mass is 10.0. The van der Waals surface area contributed by atoms with Crippen LogP contribution < -0.4 is 5.32 Å². The molecular weight excluding hydrogens is 280 g/mol. The lowest BCUT2D eigenvalue weighted by molar-refractivity contribution is 0.154. The molecule has 0 amide bonds. The van der Waals surface area contributed by atoms with Crippen LogP contribution in [0.2, 0.25) is 0 Å². The maximum atomic E-state index is 11.9. The molecule has 0 aromatic heterocycles. The van der Waals surface area contributed by atoms with Gasteiger partial charge in [-0.2, -0.15) is 11.8 Å². The average molecular weight is 309 g/mol. The molecule has 1 fully saturated rings. The van der Waals surface area contributed by atoms with Crippen LogP contribution in [-0.4, -0.2) is 61.6 Å². The number of hydrogen-bond acceptors (Lipinski definition) is 5. The Labute approximate surface area is 122 Å². The molecule has 1 rings (SSSR count). The molecule has 0 aromatic rings. The molecule has 4 nitrogen and oxygen atoms in total. The number of hydrogen-bond donors (Lipinski definition) is 1. The maximum Gasteiger partial charge on any atom is 0.164 e. The van der Waals surface area contributed by atoms with Crippen molar-refractivity contribution in [3.8, 4) is 0 Å². The number of nitrogens with one attached hydrogen (secondary N) is 1. The summed E-state index contributed by atoms with van der Waals surface area (Å²) >= 11 is 1.74. The third-order valence-corrected chi connectivity index (χ3v) is 6.47. The highest BCUT2D eigenvalue weighted by Crippen LogP contribution is 2.25. The molecule has 0 spiro atoms. The van der Waals surface area contributed by atoms with Crippen molar-refractivity contribution in [1.29, 1.82) is 0 Å². The van der Waals surface area contributed by atoms with E-state index in [4.69, 9.17) is 0 Å². The standard InChI is InChI=1S/C13H28N2O2S2/c1-10(2)14-8-11(3)12(4)15-6-7-18-9-13(15)19(5,16)17/h10-14H,6-9H2,1-5H3. The van der Waals surface area contributed by atoms with Gasteiger partial charge in [0.1, 0.15) is 5.37 Å². The summed E-state index contributed by atoms with van der Waals surface area (Å²) in [7, 11) is -3.00. The van der Waals surface area contributed by atoms with E-state index in [0.717, 1.165) is 18.8 Å². The van der Waals surface area contributed by atoms with Crippen molar-refractivity contribution in [2.24, 2.45) is 5.92 Å². The molecule has 0 bridgehead atoms. The van der Waals surface area contributed by atoms with Crippen LogP contribution in [0.4, 0.5) is 0 Å². The van der Waals surface area contributed by atoms with Gasteiger partial charge in [-0.1, -0.05) is 20.8 Å². The SMILES string of the molecule is CC(C)NCC(C)C(C)N1CCSCC1S(C)(=O)=O. The Kier molecular flexibility index (Phi) is 6.63. The average Bonchev–Trinajstić information content (AvgIpc) is 2.34. The number of nitrogens with zero attached hydrogens (tertiary/aromatic N) is 1. The molecule has 3 unspecified atom stereocenters. The Morgan fingerprint density at radius 3 is 2.47 bits per heavy atom. The predicted molar refractivity (Wildman–Crippen MR) is 84.4 cm³/mol. The molecule has 0 aromatic carbocycles. The number of rotatable bonds is 6. The van der Waals surface area contributed by atoms with Gasteiger partial charge in [0.05, 0.1) is 0 Å². The monoisotopic (exact) mass is 308 g/mol. The fourth-order valence-electron chi connectivity index (χ4n) is 2.35. The van der Waals surface area contributed by atoms with E-state index >= 15 is 0 Å². The zero-order chi connectivity index (χ0) is 14.6. The normalized spacial score (nSPS) is 25.5. The topological polar surface area (TPSA) is 49.4 Å². The van der Waals surface area contributed by atoms with Gasteiger partial charge >= 0.3 is 0 Å². The molecule has 3 atom stereocenters. The van der Waals surface area contributed by atoms with Crippen molar-refractivity contribution in [2.45, 2.75) is 45.2 Å². The van der Waals surface area contributed by atoms with Crippen LogP contribution in [0.25, 0.3) is 0 Å². The summed E-state index contributed by atoms with van der Waals surface area (Å²) in [5.74, 6) is 2.17. The predicted octanol–water partition coefficient (Wildman–Crippen LogP) is 1.43. The Hall–Kier alpha value is 0.220. The van der Waals surface area contributed by atoms with Gasteiger partial charge in [0.15, 0.2) is 9.84 Å². The van der Waals surface area contributed by atoms with E-state index in [1.807, 2.05) is 0 Å². The lowest BCUT2D eigenvalue weighted by Crippen LogP contribution is -2.54. The lowest BCUT2D eigenvalue weighted by Gasteiger charge is -2.41. The molecule has 6 heteroatoms. The van der Waals surface area contributed by atoms with E-state index in [2.05, 4.69) is 37.9 Å². The van der Waals surface area contributed by atoms with Gasteiger partial charge in [0.25, 0.3) is 0 Å². The molecule has 1 heterocycles. The minimum absolute atomic E-state index is 0.284. The van der Waals surface area contributed by atoms with Gasteiger partial charge in [0, 0.05) is 36.4 Å². The van der Waals surface area contributed by atoms with E-state index in [0.29, 0.717) is 17.7 Å². The van der Waals surface area contributed by atoms with Crippen molar-refractivity contribution < 1.29 is 8.42 Å². The zero-order valence-electron chi connectivity index (χ0n) is 12.7. The molecule has 1 aliphatic heterocycles. The zero-order valence-corrected chi connectivity index (χ0v) is 14.4. The Morgan fingerprint density at radius 2 is 1.95 bits per heavy atom. The van der Waals surface area contributed by atoms with Crippen molar-refractivity contribution >= 4 is 21.6 Å². The van der Waals surface area contributed by atoms with Gasteiger partial charge in [0.2, 0.25) is 0 Å². The Balaban J connectivity index is 2.69. The molecule has 19 heavy (non-hydrogen) atoms. The van der Waals surface area contributed by atoms with Gasteiger partial charge < -0.3 is 5.32 Å². The summed E-state index contributed by atoms with van der Waals surface area (Å²) in [6, 6.07) is 0.754. The summed E-state index contributed by atoms with van der Waals surface area (Å²) in [4.78, 5) is 2.18. The summed E-state index contributed by atoms with van der Waals surface area (Å²) in [5, 5.41) is 3.12. The van der Waals surface area contributed by atoms with Crippen LogP contribution in [0, 0.1) is 5.92 Å². The van der Waals surface area contributed by atoms with Crippen LogP contribution in [-0.2, 0) is 9.84 Å². The molecule has 0 radical (unpaired) electrons. The van der Waals surface area contributed by atoms with E-state index in [9.17, 15) is 8.42 Å². The minimum Gasteiger partial charge on any atom is -0.314 e. The molecule has 1 saturated heterocycles. The minimum atomic E-state index is -3.00. The second kappa shape index (κ2) is 7.29. The van der Waals surface area contributed by atoms with E-state index in [1.165, 1.54) is 6.26 Å². The smallest absolute Gasteiger partial charge is 0.164 e. The fourth-order valence-corrected chi connectivity index (χ4v) is 5.31. The van der Waals surface area contributed by atoms with Crippen LogP contribution >= 0.6 is 11.8 Å². The number of sulfone groups is 1. The Morgan fingerprint density at radius 1 is 1.32 bits per heavy atom. The first kappa shape index (κ1) is 17.3. The molecule has 114 valence electrons. The van der Waals surface area contributed by atoms with Crippen molar-refractivity contribution in [3.05, 3.63) is 0 Å². The van der Waals surface area contributed by atoms with Crippen LogP contribution in [0.5, 0.6) is 0 Å². The molecule has 0 saturated carbocycles. The van der Waals surface area contributed by atoms with Crippen LogP contribution in [0.1, 0.15) is 27.7 Å². The summed E-state index contributed by atoms with van der Waals surface area (Å²) in [6.45, 7) is 10.4. The third-order valence-electron chi connectivity index (χ3n) is 3.81. The first-order valence-electron chi connectivity index (χ1n) is 6.99. The van der Waals surface area contributed by atoms with Crippen LogP contribution in [0.3, 0.4) is 0 Å². The van der Waals surface area contributed by atoms with Gasteiger partial charge in [-0.3, -0.25) is 4.90 Å². The summed E-state index contributed by atoms with van der Waals surface area (Å²) < 4.78 is 23.8. The van der Waals surface area contributed by atoms with Crippen molar-refractivity contribution in [1.82, 2.24) is 10.2 Å². The second-order valence-electron chi connectivity index (χ2n) is 5.88. The van der Waals surface area contributed by atoms with Crippen molar-refractivity contribution in [3.63, 3.8) is 0 Å². The highest BCUT2D eigenvalue weighted by Gasteiger charge is 2.35. The maximum absolute atomic E-state index is 11.9. The first-order valence-corrected chi connectivity index (χ1v) is 10.1. The van der Waals surface area contributed by atoms with Crippen molar-refractivity contribution in [2.75, 3.05) is 30.9 Å².